The number of hydrogen-bond acceptors (Lipinski definition) is 5. The lowest BCUT2D eigenvalue weighted by Crippen LogP contribution is -2.29. The van der Waals surface area contributed by atoms with Crippen LogP contribution in [-0.2, 0) is 17.8 Å². The van der Waals surface area contributed by atoms with E-state index in [1.54, 1.807) is 0 Å². The number of hydrogen-bond donors (Lipinski definition) is 4. The number of aryl methyl sites for hydroxylation is 1. The number of phenolic OH excluding ortho intramolecular Hbond substituents is 1. The molecule has 186 valence electrons. The fourth-order valence-corrected chi connectivity index (χ4v) is 5.12. The Labute approximate surface area is 209 Å². The quantitative estimate of drug-likeness (QED) is 0.271. The molecule has 0 bridgehead atoms. The van der Waals surface area contributed by atoms with Gasteiger partial charge in [0.15, 0.2) is 11.6 Å². The maximum atomic E-state index is 14.1. The molecule has 1 atom stereocenters. The van der Waals surface area contributed by atoms with Crippen LogP contribution in [0.15, 0.2) is 47.7 Å². The highest BCUT2D eigenvalue weighted by molar-refractivity contribution is 7.90. The Kier molecular flexibility index (Phi) is 7.84. The molecule has 0 amide bonds. The molecule has 1 saturated carbocycles. The molecule has 1 aliphatic carbocycles. The van der Waals surface area contributed by atoms with Gasteiger partial charge in [-0.3, -0.25) is 5.10 Å². The van der Waals surface area contributed by atoms with Gasteiger partial charge in [-0.1, -0.05) is 19.9 Å². The van der Waals surface area contributed by atoms with Crippen molar-refractivity contribution in [3.05, 3.63) is 64.8 Å². The molecule has 35 heavy (non-hydrogen) atoms. The van der Waals surface area contributed by atoms with Crippen molar-refractivity contribution in [3.63, 3.8) is 0 Å². The predicted octanol–water partition coefficient (Wildman–Crippen LogP) is 5.69. The second kappa shape index (κ2) is 10.8. The number of H-pyrrole nitrogens is 1. The summed E-state index contributed by atoms with van der Waals surface area (Å²) in [5.74, 6) is -0.961. The number of halogens is 1. The first-order valence-corrected chi connectivity index (χ1v) is 13.3. The molecule has 1 aliphatic rings. The van der Waals surface area contributed by atoms with Crippen LogP contribution in [0.4, 0.5) is 4.39 Å². The predicted molar refractivity (Wildman–Crippen MR) is 141 cm³/mol. The topological polar surface area (TPSA) is 96.0 Å². The van der Waals surface area contributed by atoms with Gasteiger partial charge >= 0.3 is 0 Å². The van der Waals surface area contributed by atoms with Crippen LogP contribution in [0.25, 0.3) is 27.7 Å². The highest BCUT2D eigenvalue weighted by Gasteiger charge is 2.34. The first kappa shape index (κ1) is 25.3. The van der Waals surface area contributed by atoms with E-state index < -0.39 is 17.2 Å². The Bertz CT molecular complexity index is 1280. The van der Waals surface area contributed by atoms with Gasteiger partial charge in [0, 0.05) is 35.8 Å². The fraction of sp³-hybridized carbons (Fsp3) is 0.370. The third-order valence-electron chi connectivity index (χ3n) is 6.40. The molecule has 0 radical (unpaired) electrons. The largest absolute Gasteiger partial charge is 0.598 e. The summed E-state index contributed by atoms with van der Waals surface area (Å²) >= 11 is -0.963. The van der Waals surface area contributed by atoms with Gasteiger partial charge < -0.3 is 15.0 Å². The van der Waals surface area contributed by atoms with Crippen molar-refractivity contribution in [2.75, 3.05) is 6.54 Å². The summed E-state index contributed by atoms with van der Waals surface area (Å²) in [6.07, 6.45) is 5.55. The highest BCUT2D eigenvalue weighted by Crippen LogP contribution is 2.33. The van der Waals surface area contributed by atoms with E-state index in [0.29, 0.717) is 18.2 Å². The van der Waals surface area contributed by atoms with Crippen molar-refractivity contribution in [3.8, 4) is 16.9 Å². The van der Waals surface area contributed by atoms with Crippen LogP contribution >= 0.6 is 0 Å². The van der Waals surface area contributed by atoms with E-state index in [1.807, 2.05) is 38.2 Å². The molecule has 8 heteroatoms. The summed E-state index contributed by atoms with van der Waals surface area (Å²) in [5.41, 5.74) is 7.30. The van der Waals surface area contributed by atoms with Gasteiger partial charge in [-0.15, -0.1) is 4.72 Å². The van der Waals surface area contributed by atoms with Crippen LogP contribution in [0.5, 0.6) is 5.75 Å². The van der Waals surface area contributed by atoms with E-state index in [-0.39, 0.29) is 5.75 Å². The third-order valence-corrected chi connectivity index (χ3v) is 7.91. The standard InChI is InChI=1S/C27H33FN4O2S/c1-5-17(4)26(29-14-16(3)15-30-35(34)20-8-9-20)27-21-10-7-19(11-24(21)31-32-27)22-13-23(28)25(33)12-18(22)6-2/h7,10-14,20,29-30,33H,5-6,8-9,15H2,1-4H3,(H,31,32)/b16-14+,26-17+. The Morgan fingerprint density at radius 2 is 2.03 bits per heavy atom. The number of nitrogens with zero attached hydrogens (tertiary/aromatic N) is 1. The van der Waals surface area contributed by atoms with Crippen molar-refractivity contribution in [2.45, 2.75) is 58.6 Å². The van der Waals surface area contributed by atoms with E-state index >= 15 is 0 Å². The number of nitrogens with one attached hydrogen (secondary N) is 3. The molecule has 2 aromatic carbocycles. The average Bonchev–Trinajstić information content (AvgIpc) is 3.64. The maximum absolute atomic E-state index is 14.1. The number of rotatable bonds is 10. The first-order chi connectivity index (χ1) is 16.8. The number of fused-ring (bicyclic) bond motifs is 1. The zero-order valence-corrected chi connectivity index (χ0v) is 21.5. The lowest BCUT2D eigenvalue weighted by atomic mass is 9.96. The third kappa shape index (κ3) is 5.72. The Morgan fingerprint density at radius 3 is 2.71 bits per heavy atom. The lowest BCUT2D eigenvalue weighted by molar-refractivity contribution is 0.432. The SMILES string of the molecule is CC/C(C)=C(/N/C=C(\C)CN[S+]([O-])C1CC1)c1n[nH]c2cc(-c3cc(F)c(O)cc3CC)ccc12. The monoisotopic (exact) mass is 496 g/mol. The summed E-state index contributed by atoms with van der Waals surface area (Å²) in [5, 5.41) is 22.2. The van der Waals surface area contributed by atoms with Crippen LogP contribution in [0.2, 0.25) is 0 Å². The molecule has 0 spiro atoms. The van der Waals surface area contributed by atoms with E-state index in [4.69, 9.17) is 0 Å². The van der Waals surface area contributed by atoms with E-state index in [0.717, 1.165) is 69.4 Å². The smallest absolute Gasteiger partial charge is 0.165 e. The molecule has 1 aromatic heterocycles. The van der Waals surface area contributed by atoms with E-state index in [2.05, 4.69) is 34.1 Å². The number of phenols is 1. The zero-order valence-electron chi connectivity index (χ0n) is 20.7. The molecule has 1 heterocycles. The lowest BCUT2D eigenvalue weighted by Gasteiger charge is -2.13. The van der Waals surface area contributed by atoms with Gasteiger partial charge in [0.25, 0.3) is 0 Å². The van der Waals surface area contributed by atoms with Gasteiger partial charge in [-0.05, 0) is 78.8 Å². The number of benzene rings is 2. The maximum Gasteiger partial charge on any atom is 0.165 e. The van der Waals surface area contributed by atoms with Gasteiger partial charge in [-0.25, -0.2) is 4.39 Å². The summed E-state index contributed by atoms with van der Waals surface area (Å²) in [4.78, 5) is 0. The molecule has 6 nitrogen and oxygen atoms in total. The van der Waals surface area contributed by atoms with Crippen molar-refractivity contribution >= 4 is 28.0 Å². The molecular weight excluding hydrogens is 463 g/mol. The minimum atomic E-state index is -0.963. The number of aromatic amines is 1. The van der Waals surface area contributed by atoms with Crippen LogP contribution in [0, 0.1) is 5.82 Å². The normalized spacial score (nSPS) is 15.9. The zero-order chi connectivity index (χ0) is 25.1. The number of allylic oxidation sites excluding steroid dienone is 1. The van der Waals surface area contributed by atoms with Gasteiger partial charge in [0.1, 0.15) is 10.9 Å². The van der Waals surface area contributed by atoms with E-state index in [1.165, 1.54) is 12.1 Å². The van der Waals surface area contributed by atoms with Crippen molar-refractivity contribution in [2.24, 2.45) is 0 Å². The molecule has 4 N–H and O–H groups in total. The minimum Gasteiger partial charge on any atom is -0.598 e. The van der Waals surface area contributed by atoms with Gasteiger partial charge in [0.05, 0.1) is 17.8 Å². The number of aromatic hydroxyl groups is 1. The van der Waals surface area contributed by atoms with Crippen molar-refractivity contribution in [1.29, 1.82) is 0 Å². The molecule has 3 aromatic rings. The Balaban J connectivity index is 1.61. The summed E-state index contributed by atoms with van der Waals surface area (Å²) in [6, 6.07) is 8.80. The average molecular weight is 497 g/mol. The first-order valence-electron chi connectivity index (χ1n) is 12.1. The fourth-order valence-electron chi connectivity index (χ4n) is 3.95. The second-order valence-electron chi connectivity index (χ2n) is 9.11. The summed E-state index contributed by atoms with van der Waals surface area (Å²) in [6.45, 7) is 8.72. The Morgan fingerprint density at radius 1 is 1.26 bits per heavy atom. The molecule has 0 aliphatic heterocycles. The second-order valence-corrected chi connectivity index (χ2v) is 10.7. The molecular formula is C27H33FN4O2S. The van der Waals surface area contributed by atoms with Gasteiger partial charge in [-0.2, -0.15) is 5.10 Å². The highest BCUT2D eigenvalue weighted by atomic mass is 32.2. The minimum absolute atomic E-state index is 0.306. The molecule has 0 saturated heterocycles. The van der Waals surface area contributed by atoms with E-state index in [9.17, 15) is 14.0 Å². The summed E-state index contributed by atoms with van der Waals surface area (Å²) < 4.78 is 29.2. The Hall–Kier alpha value is -2.81. The van der Waals surface area contributed by atoms with Crippen molar-refractivity contribution < 1.29 is 14.0 Å². The number of aromatic nitrogens is 2. The van der Waals surface area contributed by atoms with Crippen LogP contribution in [-0.4, -0.2) is 31.7 Å². The van der Waals surface area contributed by atoms with Crippen molar-refractivity contribution in [1.82, 2.24) is 20.2 Å². The molecule has 4 rings (SSSR count). The van der Waals surface area contributed by atoms with Crippen LogP contribution in [0.1, 0.15) is 58.2 Å². The van der Waals surface area contributed by atoms with Crippen LogP contribution < -0.4 is 10.0 Å². The van der Waals surface area contributed by atoms with Gasteiger partial charge in [0.2, 0.25) is 0 Å². The summed E-state index contributed by atoms with van der Waals surface area (Å²) in [7, 11) is 0. The molecule has 1 fully saturated rings. The molecule has 1 unspecified atom stereocenters. The van der Waals surface area contributed by atoms with Crippen LogP contribution in [0.3, 0.4) is 0 Å².